The normalized spacial score (nSPS) is 10.1. The third-order valence-electron chi connectivity index (χ3n) is 3.04. The number of nitrogens with one attached hydrogen (secondary N) is 1. The summed E-state index contributed by atoms with van der Waals surface area (Å²) in [6, 6.07) is 3.32. The summed E-state index contributed by atoms with van der Waals surface area (Å²) in [5.41, 5.74) is 0.855. The Hall–Kier alpha value is -2.90. The van der Waals surface area contributed by atoms with Crippen LogP contribution in [0.4, 0.5) is 17.5 Å². The number of methoxy groups -OCH3 is 1. The monoisotopic (exact) mass is 316 g/mol. The summed E-state index contributed by atoms with van der Waals surface area (Å²) in [6.45, 7) is 0. The van der Waals surface area contributed by atoms with Gasteiger partial charge in [-0.1, -0.05) is 0 Å². The van der Waals surface area contributed by atoms with E-state index in [1.54, 1.807) is 29.4 Å². The molecule has 0 bridgehead atoms. The van der Waals surface area contributed by atoms with Crippen LogP contribution in [0.5, 0.6) is 5.88 Å². The first kappa shape index (κ1) is 16.5. The van der Waals surface area contributed by atoms with Crippen molar-refractivity contribution in [1.29, 1.82) is 0 Å². The second-order valence-electron chi connectivity index (χ2n) is 5.21. The number of carbonyl (C=O) groups excluding carboxylic acids is 1. The van der Waals surface area contributed by atoms with Crippen molar-refractivity contribution in [2.24, 2.45) is 0 Å². The zero-order valence-electron chi connectivity index (χ0n) is 13.9. The Labute approximate surface area is 135 Å². The second-order valence-corrected chi connectivity index (χ2v) is 5.21. The fraction of sp³-hybridized carbons (Fsp3) is 0.333. The van der Waals surface area contributed by atoms with Gasteiger partial charge in [0.1, 0.15) is 11.3 Å². The number of carbonyl (C=O) groups is 1. The van der Waals surface area contributed by atoms with Crippen LogP contribution in [0.3, 0.4) is 0 Å². The molecule has 0 fully saturated rings. The fourth-order valence-corrected chi connectivity index (χ4v) is 1.92. The van der Waals surface area contributed by atoms with E-state index in [-0.39, 0.29) is 11.8 Å². The van der Waals surface area contributed by atoms with Crippen molar-refractivity contribution in [3.8, 4) is 5.88 Å². The maximum Gasteiger partial charge on any atom is 0.261 e. The molecule has 0 saturated heterocycles. The van der Waals surface area contributed by atoms with Crippen LogP contribution in [0.2, 0.25) is 0 Å². The molecule has 0 aliphatic rings. The zero-order valence-corrected chi connectivity index (χ0v) is 13.9. The Morgan fingerprint density at radius 3 is 2.52 bits per heavy atom. The van der Waals surface area contributed by atoms with Crippen LogP contribution >= 0.6 is 0 Å². The molecule has 2 heterocycles. The number of ether oxygens (including phenoxy) is 1. The van der Waals surface area contributed by atoms with Gasteiger partial charge in [-0.2, -0.15) is 4.98 Å². The van der Waals surface area contributed by atoms with Crippen molar-refractivity contribution in [3.05, 3.63) is 30.1 Å². The lowest BCUT2D eigenvalue weighted by molar-refractivity contribution is 0.102. The molecule has 8 heteroatoms. The molecule has 2 aromatic heterocycles. The van der Waals surface area contributed by atoms with E-state index in [0.717, 1.165) is 0 Å². The summed E-state index contributed by atoms with van der Waals surface area (Å²) in [5, 5.41) is 2.80. The molecule has 23 heavy (non-hydrogen) atoms. The minimum Gasteiger partial charge on any atom is -0.480 e. The minimum absolute atomic E-state index is 0.266. The highest BCUT2D eigenvalue weighted by atomic mass is 16.5. The summed E-state index contributed by atoms with van der Waals surface area (Å²) < 4.78 is 5.11. The lowest BCUT2D eigenvalue weighted by Gasteiger charge is -2.19. The molecule has 122 valence electrons. The van der Waals surface area contributed by atoms with Crippen molar-refractivity contribution in [3.63, 3.8) is 0 Å². The van der Waals surface area contributed by atoms with E-state index in [2.05, 4.69) is 20.3 Å². The number of hydrogen-bond acceptors (Lipinski definition) is 7. The van der Waals surface area contributed by atoms with E-state index in [1.807, 2.05) is 33.1 Å². The average molecular weight is 316 g/mol. The summed E-state index contributed by atoms with van der Waals surface area (Å²) in [5.74, 6) is 1.10. The maximum absolute atomic E-state index is 12.5. The molecular formula is C15H20N6O2. The molecular weight excluding hydrogens is 296 g/mol. The van der Waals surface area contributed by atoms with E-state index in [9.17, 15) is 4.79 Å². The fourth-order valence-electron chi connectivity index (χ4n) is 1.92. The summed E-state index contributed by atoms with van der Waals surface area (Å²) in [6.07, 6.45) is 3.15. The first-order chi connectivity index (χ1) is 10.9. The molecule has 2 aromatic rings. The Morgan fingerprint density at radius 2 is 1.91 bits per heavy atom. The van der Waals surface area contributed by atoms with Crippen LogP contribution in [0.25, 0.3) is 0 Å². The van der Waals surface area contributed by atoms with Gasteiger partial charge in [-0.25, -0.2) is 9.97 Å². The molecule has 0 aliphatic heterocycles. The molecule has 0 saturated carbocycles. The number of anilines is 3. The van der Waals surface area contributed by atoms with Crippen LogP contribution in [0, 0.1) is 0 Å². The summed E-state index contributed by atoms with van der Waals surface area (Å²) in [4.78, 5) is 28.8. The molecule has 8 nitrogen and oxygen atoms in total. The van der Waals surface area contributed by atoms with Gasteiger partial charge in [0, 0.05) is 34.4 Å². The topological polar surface area (TPSA) is 83.5 Å². The van der Waals surface area contributed by atoms with E-state index >= 15 is 0 Å². The standard InChI is InChI=1S/C15H20N6O2/c1-20(2)12-11(9-17-15(19-12)21(3)4)18-13(22)10-7-6-8-16-14(10)23-5/h6-9H,1-5H3,(H,18,22). The van der Waals surface area contributed by atoms with Gasteiger partial charge in [0.15, 0.2) is 5.82 Å². The lowest BCUT2D eigenvalue weighted by atomic mass is 10.2. The van der Waals surface area contributed by atoms with E-state index in [1.165, 1.54) is 7.11 Å². The Kier molecular flexibility index (Phi) is 4.95. The largest absolute Gasteiger partial charge is 0.480 e. The molecule has 1 amide bonds. The van der Waals surface area contributed by atoms with Crippen molar-refractivity contribution in [2.75, 3.05) is 50.4 Å². The van der Waals surface area contributed by atoms with Gasteiger partial charge >= 0.3 is 0 Å². The molecule has 0 atom stereocenters. The Morgan fingerprint density at radius 1 is 1.17 bits per heavy atom. The third kappa shape index (κ3) is 3.65. The van der Waals surface area contributed by atoms with Crippen molar-refractivity contribution < 1.29 is 9.53 Å². The third-order valence-corrected chi connectivity index (χ3v) is 3.04. The van der Waals surface area contributed by atoms with Crippen LogP contribution in [0.1, 0.15) is 10.4 Å². The van der Waals surface area contributed by atoms with Gasteiger partial charge in [0.2, 0.25) is 11.8 Å². The smallest absolute Gasteiger partial charge is 0.261 e. The van der Waals surface area contributed by atoms with E-state index in [4.69, 9.17) is 4.74 Å². The molecule has 0 unspecified atom stereocenters. The molecule has 2 rings (SSSR count). The molecule has 0 spiro atoms. The maximum atomic E-state index is 12.5. The predicted octanol–water partition coefficient (Wildman–Crippen LogP) is 1.26. The molecule has 0 radical (unpaired) electrons. The first-order valence-electron chi connectivity index (χ1n) is 6.96. The van der Waals surface area contributed by atoms with Gasteiger partial charge < -0.3 is 19.9 Å². The Balaban J connectivity index is 2.34. The van der Waals surface area contributed by atoms with Crippen molar-refractivity contribution in [2.45, 2.75) is 0 Å². The van der Waals surface area contributed by atoms with Gasteiger partial charge in [-0.3, -0.25) is 4.79 Å². The summed E-state index contributed by atoms with van der Waals surface area (Å²) >= 11 is 0. The molecule has 0 aromatic carbocycles. The highest BCUT2D eigenvalue weighted by Crippen LogP contribution is 2.24. The van der Waals surface area contributed by atoms with Crippen LogP contribution in [-0.4, -0.2) is 56.2 Å². The predicted molar refractivity (Wildman–Crippen MR) is 89.4 cm³/mol. The van der Waals surface area contributed by atoms with Crippen LogP contribution in [0.15, 0.2) is 24.5 Å². The van der Waals surface area contributed by atoms with Gasteiger partial charge in [0.25, 0.3) is 5.91 Å². The average Bonchev–Trinajstić information content (AvgIpc) is 2.54. The summed E-state index contributed by atoms with van der Waals surface area (Å²) in [7, 11) is 8.88. The zero-order chi connectivity index (χ0) is 17.0. The second kappa shape index (κ2) is 6.91. The van der Waals surface area contributed by atoms with Crippen LogP contribution in [-0.2, 0) is 0 Å². The first-order valence-corrected chi connectivity index (χ1v) is 6.96. The van der Waals surface area contributed by atoms with Gasteiger partial charge in [-0.15, -0.1) is 0 Å². The quantitative estimate of drug-likeness (QED) is 0.889. The number of nitrogens with zero attached hydrogens (tertiary/aromatic N) is 5. The minimum atomic E-state index is -0.334. The number of aromatic nitrogens is 3. The SMILES string of the molecule is COc1ncccc1C(=O)Nc1cnc(N(C)C)nc1N(C)C. The number of amides is 1. The van der Waals surface area contributed by atoms with E-state index in [0.29, 0.717) is 23.0 Å². The number of hydrogen-bond donors (Lipinski definition) is 1. The highest BCUT2D eigenvalue weighted by molar-refractivity contribution is 6.07. The molecule has 0 aliphatic carbocycles. The van der Waals surface area contributed by atoms with Crippen molar-refractivity contribution >= 4 is 23.4 Å². The highest BCUT2D eigenvalue weighted by Gasteiger charge is 2.17. The van der Waals surface area contributed by atoms with E-state index < -0.39 is 0 Å². The van der Waals surface area contributed by atoms with Gasteiger partial charge in [0.05, 0.1) is 13.3 Å². The van der Waals surface area contributed by atoms with Gasteiger partial charge in [-0.05, 0) is 12.1 Å². The Bertz CT molecular complexity index is 702. The number of pyridine rings is 1. The molecule has 1 N–H and O–H groups in total. The van der Waals surface area contributed by atoms with Crippen molar-refractivity contribution in [1.82, 2.24) is 15.0 Å². The number of rotatable bonds is 5. The lowest BCUT2D eigenvalue weighted by Crippen LogP contribution is -2.21. The van der Waals surface area contributed by atoms with Crippen LogP contribution < -0.4 is 19.9 Å².